The van der Waals surface area contributed by atoms with Crippen LogP contribution in [0.5, 0.6) is 5.75 Å². The van der Waals surface area contributed by atoms with Gasteiger partial charge in [-0.3, -0.25) is 0 Å². The molecule has 0 unspecified atom stereocenters. The first kappa shape index (κ1) is 24.4. The van der Waals surface area contributed by atoms with Gasteiger partial charge in [0, 0.05) is 23.4 Å². The van der Waals surface area contributed by atoms with E-state index in [0.29, 0.717) is 28.9 Å². The van der Waals surface area contributed by atoms with E-state index in [1.807, 2.05) is 19.9 Å². The van der Waals surface area contributed by atoms with Crippen LogP contribution in [0.2, 0.25) is 0 Å². The van der Waals surface area contributed by atoms with E-state index in [1.165, 1.54) is 29.3 Å². The molecule has 33 heavy (non-hydrogen) atoms. The van der Waals surface area contributed by atoms with Crippen molar-refractivity contribution in [3.05, 3.63) is 59.7 Å². The van der Waals surface area contributed by atoms with Gasteiger partial charge >= 0.3 is 6.36 Å². The van der Waals surface area contributed by atoms with Crippen LogP contribution in [0.1, 0.15) is 51.2 Å². The molecule has 0 fully saturated rings. The highest BCUT2D eigenvalue weighted by Gasteiger charge is 2.31. The van der Waals surface area contributed by atoms with Crippen LogP contribution in [0.15, 0.2) is 48.5 Å². The van der Waals surface area contributed by atoms with Crippen molar-refractivity contribution >= 4 is 17.5 Å². The number of aromatic nitrogens is 2. The van der Waals surface area contributed by atoms with Crippen LogP contribution in [0, 0.1) is 6.92 Å². The van der Waals surface area contributed by atoms with Gasteiger partial charge in [-0.1, -0.05) is 39.0 Å². The summed E-state index contributed by atoms with van der Waals surface area (Å²) in [6, 6.07) is 13.7. The van der Waals surface area contributed by atoms with Crippen molar-refractivity contribution < 1.29 is 17.9 Å². The summed E-state index contributed by atoms with van der Waals surface area (Å²) >= 11 is 0. The Morgan fingerprint density at radius 1 is 1.00 bits per heavy atom. The number of anilines is 3. The van der Waals surface area contributed by atoms with E-state index >= 15 is 0 Å². The highest BCUT2D eigenvalue weighted by molar-refractivity contribution is 5.69. The fourth-order valence-electron chi connectivity index (χ4n) is 3.45. The Hall–Kier alpha value is -3.29. The number of hydrogen-bond donors (Lipinski definition) is 2. The largest absolute Gasteiger partial charge is 0.573 e. The monoisotopic (exact) mass is 458 g/mol. The molecule has 2 N–H and O–H groups in total. The quantitative estimate of drug-likeness (QED) is 0.368. The minimum atomic E-state index is -4.76. The molecule has 0 aliphatic carbocycles. The van der Waals surface area contributed by atoms with Crippen molar-refractivity contribution in [2.24, 2.45) is 0 Å². The Kier molecular flexibility index (Phi) is 7.46. The van der Waals surface area contributed by atoms with Gasteiger partial charge in [0.1, 0.15) is 11.6 Å². The predicted octanol–water partition coefficient (Wildman–Crippen LogP) is 7.43. The Balaban J connectivity index is 1.98. The van der Waals surface area contributed by atoms with E-state index in [9.17, 15) is 13.2 Å². The molecule has 5 nitrogen and oxygen atoms in total. The SMILES string of the molecule is CC[C@H](C)Nc1nc(Nc2ccc(C(C)C)c(C)c2)cc(-c2cccc(OC(F)(F)F)c2)n1. The molecule has 0 bridgehead atoms. The predicted molar refractivity (Wildman–Crippen MR) is 126 cm³/mol. The molecule has 2 aromatic carbocycles. The molecule has 1 heterocycles. The zero-order valence-electron chi connectivity index (χ0n) is 19.4. The topological polar surface area (TPSA) is 59.1 Å². The summed E-state index contributed by atoms with van der Waals surface area (Å²) in [5.74, 6) is 1.04. The molecule has 0 radical (unpaired) electrons. The van der Waals surface area contributed by atoms with Gasteiger partial charge in [0.25, 0.3) is 0 Å². The van der Waals surface area contributed by atoms with Crippen molar-refractivity contribution in [1.82, 2.24) is 9.97 Å². The van der Waals surface area contributed by atoms with Crippen LogP contribution in [-0.2, 0) is 0 Å². The fourth-order valence-corrected chi connectivity index (χ4v) is 3.45. The number of halogens is 3. The van der Waals surface area contributed by atoms with Crippen LogP contribution in [0.25, 0.3) is 11.3 Å². The third-order valence-corrected chi connectivity index (χ3v) is 5.24. The summed E-state index contributed by atoms with van der Waals surface area (Å²) < 4.78 is 42.1. The summed E-state index contributed by atoms with van der Waals surface area (Å²) in [6.45, 7) is 10.4. The van der Waals surface area contributed by atoms with Crippen molar-refractivity contribution in [1.29, 1.82) is 0 Å². The summed E-state index contributed by atoms with van der Waals surface area (Å²) in [5.41, 5.74) is 4.26. The fraction of sp³-hybridized carbons (Fsp3) is 0.360. The average molecular weight is 459 g/mol. The van der Waals surface area contributed by atoms with Gasteiger partial charge in [0.15, 0.2) is 0 Å². The van der Waals surface area contributed by atoms with Crippen LogP contribution < -0.4 is 15.4 Å². The molecule has 8 heteroatoms. The molecular formula is C25H29F3N4O. The van der Waals surface area contributed by atoms with Gasteiger partial charge in [-0.25, -0.2) is 4.98 Å². The minimum Gasteiger partial charge on any atom is -0.406 e. The van der Waals surface area contributed by atoms with Crippen LogP contribution in [-0.4, -0.2) is 22.4 Å². The van der Waals surface area contributed by atoms with Gasteiger partial charge in [-0.05, 0) is 61.6 Å². The molecule has 176 valence electrons. The number of aryl methyl sites for hydroxylation is 1. The summed E-state index contributed by atoms with van der Waals surface area (Å²) in [7, 11) is 0. The molecule has 0 amide bonds. The van der Waals surface area contributed by atoms with E-state index < -0.39 is 6.36 Å². The number of rotatable bonds is 8. The molecule has 0 aliphatic heterocycles. The van der Waals surface area contributed by atoms with Gasteiger partial charge in [-0.2, -0.15) is 4.98 Å². The highest BCUT2D eigenvalue weighted by Crippen LogP contribution is 2.30. The molecule has 3 rings (SSSR count). The minimum absolute atomic E-state index is 0.126. The first-order chi connectivity index (χ1) is 15.5. The van der Waals surface area contributed by atoms with E-state index in [1.54, 1.807) is 12.1 Å². The first-order valence-electron chi connectivity index (χ1n) is 10.9. The Morgan fingerprint density at radius 2 is 1.76 bits per heavy atom. The standard InChI is InChI=1S/C25H29F3N4O/c1-6-17(5)29-24-31-22(18-8-7-9-20(13-18)33-25(26,27)28)14-23(32-24)30-19-10-11-21(15(2)3)16(4)12-19/h7-15,17H,6H2,1-5H3,(H2,29,30,31,32)/t17-/m0/s1. The van der Waals surface area contributed by atoms with Gasteiger partial charge in [0.05, 0.1) is 5.69 Å². The summed E-state index contributed by atoms with van der Waals surface area (Å²) in [5, 5.41) is 6.55. The summed E-state index contributed by atoms with van der Waals surface area (Å²) in [6.07, 6.45) is -3.90. The molecule has 0 saturated heterocycles. The molecule has 1 atom stereocenters. The Labute approximate surface area is 192 Å². The average Bonchev–Trinajstić information content (AvgIpc) is 2.72. The summed E-state index contributed by atoms with van der Waals surface area (Å²) in [4.78, 5) is 9.09. The zero-order chi connectivity index (χ0) is 24.2. The molecule has 0 aliphatic rings. The highest BCUT2D eigenvalue weighted by atomic mass is 19.4. The molecule has 0 saturated carbocycles. The smallest absolute Gasteiger partial charge is 0.406 e. The van der Waals surface area contributed by atoms with Gasteiger partial charge in [0.2, 0.25) is 5.95 Å². The van der Waals surface area contributed by atoms with E-state index in [4.69, 9.17) is 0 Å². The lowest BCUT2D eigenvalue weighted by atomic mass is 9.98. The number of benzene rings is 2. The second-order valence-corrected chi connectivity index (χ2v) is 8.34. The normalized spacial score (nSPS) is 12.5. The zero-order valence-corrected chi connectivity index (χ0v) is 19.4. The molecule has 1 aromatic heterocycles. The van der Waals surface area contributed by atoms with Crippen molar-refractivity contribution in [3.63, 3.8) is 0 Å². The lowest BCUT2D eigenvalue weighted by molar-refractivity contribution is -0.274. The molecule has 0 spiro atoms. The van der Waals surface area contributed by atoms with Crippen LogP contribution >= 0.6 is 0 Å². The van der Waals surface area contributed by atoms with Crippen molar-refractivity contribution in [3.8, 4) is 17.0 Å². The van der Waals surface area contributed by atoms with Crippen molar-refractivity contribution in [2.75, 3.05) is 10.6 Å². The van der Waals surface area contributed by atoms with Gasteiger partial charge in [-0.15, -0.1) is 13.2 Å². The number of hydrogen-bond acceptors (Lipinski definition) is 5. The van der Waals surface area contributed by atoms with E-state index in [-0.39, 0.29) is 11.8 Å². The number of ether oxygens (including phenoxy) is 1. The number of nitrogens with zero attached hydrogens (tertiary/aromatic N) is 2. The van der Waals surface area contributed by atoms with E-state index in [2.05, 4.69) is 58.2 Å². The number of alkyl halides is 3. The maximum absolute atomic E-state index is 12.7. The second-order valence-electron chi connectivity index (χ2n) is 8.34. The maximum Gasteiger partial charge on any atom is 0.573 e. The Bertz CT molecular complexity index is 1100. The lowest BCUT2D eigenvalue weighted by Gasteiger charge is -2.16. The first-order valence-corrected chi connectivity index (χ1v) is 10.9. The maximum atomic E-state index is 12.7. The number of nitrogens with one attached hydrogen (secondary N) is 2. The Morgan fingerprint density at radius 3 is 2.39 bits per heavy atom. The van der Waals surface area contributed by atoms with Crippen molar-refractivity contribution in [2.45, 2.75) is 59.4 Å². The van der Waals surface area contributed by atoms with Crippen LogP contribution in [0.4, 0.5) is 30.6 Å². The third-order valence-electron chi connectivity index (χ3n) is 5.24. The molecule has 3 aromatic rings. The lowest BCUT2D eigenvalue weighted by Crippen LogP contribution is -2.17. The van der Waals surface area contributed by atoms with Crippen LogP contribution in [0.3, 0.4) is 0 Å². The molecular weight excluding hydrogens is 429 g/mol. The van der Waals surface area contributed by atoms with Gasteiger partial charge < -0.3 is 15.4 Å². The van der Waals surface area contributed by atoms with E-state index in [0.717, 1.165) is 12.1 Å². The third kappa shape index (κ3) is 6.84. The second kappa shape index (κ2) is 10.1.